The predicted octanol–water partition coefficient (Wildman–Crippen LogP) is 2.49. The molecule has 0 amide bonds. The number of benzene rings is 1. The van der Waals surface area contributed by atoms with Crippen LogP contribution in [-0.2, 0) is 0 Å². The summed E-state index contributed by atoms with van der Waals surface area (Å²) in [7, 11) is 1.81. The molecule has 0 aliphatic rings. The lowest BCUT2D eigenvalue weighted by Crippen LogP contribution is -1.96. The third-order valence-electron chi connectivity index (χ3n) is 2.23. The molecule has 0 saturated heterocycles. The van der Waals surface area contributed by atoms with Crippen molar-refractivity contribution < 1.29 is 0 Å². The van der Waals surface area contributed by atoms with Crippen LogP contribution in [0.25, 0.3) is 11.3 Å². The first-order chi connectivity index (χ1) is 7.29. The molecule has 0 aliphatic heterocycles. The van der Waals surface area contributed by atoms with Gasteiger partial charge in [-0.15, -0.1) is 0 Å². The molecule has 0 bridgehead atoms. The molecule has 0 atom stereocenters. The number of hydrogen-bond acceptors (Lipinski definition) is 3. The molecular weight excluding hydrogens is 186 g/mol. The van der Waals surface area contributed by atoms with Gasteiger partial charge in [-0.05, 0) is 13.0 Å². The van der Waals surface area contributed by atoms with Crippen LogP contribution < -0.4 is 5.32 Å². The van der Waals surface area contributed by atoms with Crippen LogP contribution in [0.4, 0.5) is 5.95 Å². The van der Waals surface area contributed by atoms with Crippen molar-refractivity contribution >= 4 is 5.95 Å². The Hall–Kier alpha value is -1.90. The molecule has 76 valence electrons. The summed E-state index contributed by atoms with van der Waals surface area (Å²) in [6, 6.07) is 10.2. The van der Waals surface area contributed by atoms with Gasteiger partial charge in [0, 0.05) is 18.8 Å². The molecule has 2 rings (SSSR count). The highest BCUT2D eigenvalue weighted by Gasteiger charge is 1.99. The largest absolute Gasteiger partial charge is 0.357 e. The van der Waals surface area contributed by atoms with Gasteiger partial charge in [-0.3, -0.25) is 0 Å². The lowest BCUT2D eigenvalue weighted by atomic mass is 10.1. The summed E-state index contributed by atoms with van der Waals surface area (Å²) in [4.78, 5) is 8.45. The van der Waals surface area contributed by atoms with E-state index in [1.165, 1.54) is 5.56 Å². The number of rotatable bonds is 2. The molecule has 3 nitrogen and oxygen atoms in total. The standard InChI is InChI=1S/C12H13N3/c1-9-3-5-10(6-4-9)11-7-8-14-12(13-2)15-11/h3-8H,1-2H3,(H,13,14,15). The molecule has 2 aromatic rings. The second-order valence-corrected chi connectivity index (χ2v) is 3.38. The summed E-state index contributed by atoms with van der Waals surface area (Å²) < 4.78 is 0. The predicted molar refractivity (Wildman–Crippen MR) is 61.8 cm³/mol. The van der Waals surface area contributed by atoms with Crippen molar-refractivity contribution in [3.05, 3.63) is 42.1 Å². The Morgan fingerprint density at radius 1 is 1.07 bits per heavy atom. The number of aryl methyl sites for hydroxylation is 1. The van der Waals surface area contributed by atoms with Crippen molar-refractivity contribution in [1.29, 1.82) is 0 Å². The summed E-state index contributed by atoms with van der Waals surface area (Å²) in [6.07, 6.45) is 1.76. The summed E-state index contributed by atoms with van der Waals surface area (Å²) in [5, 5.41) is 2.93. The molecule has 0 unspecified atom stereocenters. The maximum absolute atomic E-state index is 4.37. The zero-order chi connectivity index (χ0) is 10.7. The zero-order valence-electron chi connectivity index (χ0n) is 8.86. The van der Waals surface area contributed by atoms with Gasteiger partial charge in [-0.2, -0.15) is 0 Å². The van der Waals surface area contributed by atoms with Gasteiger partial charge < -0.3 is 5.32 Å². The van der Waals surface area contributed by atoms with Gasteiger partial charge in [0.25, 0.3) is 0 Å². The molecule has 0 fully saturated rings. The Morgan fingerprint density at radius 2 is 1.80 bits per heavy atom. The van der Waals surface area contributed by atoms with E-state index in [0.29, 0.717) is 5.95 Å². The maximum Gasteiger partial charge on any atom is 0.222 e. The van der Waals surface area contributed by atoms with Crippen molar-refractivity contribution in [2.45, 2.75) is 6.92 Å². The smallest absolute Gasteiger partial charge is 0.222 e. The van der Waals surface area contributed by atoms with E-state index in [1.54, 1.807) is 6.20 Å². The summed E-state index contributed by atoms with van der Waals surface area (Å²) in [5.74, 6) is 0.646. The van der Waals surface area contributed by atoms with Crippen LogP contribution in [0.3, 0.4) is 0 Å². The average molecular weight is 199 g/mol. The number of nitrogens with zero attached hydrogens (tertiary/aromatic N) is 2. The summed E-state index contributed by atoms with van der Waals surface area (Å²) in [5.41, 5.74) is 3.30. The molecule has 15 heavy (non-hydrogen) atoms. The van der Waals surface area contributed by atoms with Crippen molar-refractivity contribution in [3.63, 3.8) is 0 Å². The number of anilines is 1. The molecule has 0 radical (unpaired) electrons. The first-order valence-corrected chi connectivity index (χ1v) is 4.87. The number of aromatic nitrogens is 2. The van der Waals surface area contributed by atoms with E-state index in [2.05, 4.69) is 46.5 Å². The Bertz CT molecular complexity index is 449. The van der Waals surface area contributed by atoms with E-state index < -0.39 is 0 Å². The molecule has 0 aliphatic carbocycles. The Balaban J connectivity index is 2.40. The molecule has 0 saturated carbocycles. The second-order valence-electron chi connectivity index (χ2n) is 3.38. The first-order valence-electron chi connectivity index (χ1n) is 4.87. The van der Waals surface area contributed by atoms with Crippen LogP contribution in [0.5, 0.6) is 0 Å². The Morgan fingerprint density at radius 3 is 2.47 bits per heavy atom. The zero-order valence-corrected chi connectivity index (χ0v) is 8.86. The lowest BCUT2D eigenvalue weighted by molar-refractivity contribution is 1.15. The topological polar surface area (TPSA) is 37.8 Å². The molecule has 1 aromatic carbocycles. The molecule has 3 heteroatoms. The Kier molecular flexibility index (Phi) is 2.63. The quantitative estimate of drug-likeness (QED) is 0.807. The molecular formula is C12H13N3. The highest BCUT2D eigenvalue weighted by Crippen LogP contribution is 2.17. The summed E-state index contributed by atoms with van der Waals surface area (Å²) >= 11 is 0. The van der Waals surface area contributed by atoms with Gasteiger partial charge >= 0.3 is 0 Å². The fourth-order valence-electron chi connectivity index (χ4n) is 1.36. The fourth-order valence-corrected chi connectivity index (χ4v) is 1.36. The minimum atomic E-state index is 0.646. The highest BCUT2D eigenvalue weighted by atomic mass is 15.1. The van der Waals surface area contributed by atoms with Crippen molar-refractivity contribution in [1.82, 2.24) is 9.97 Å². The lowest BCUT2D eigenvalue weighted by Gasteiger charge is -2.03. The normalized spacial score (nSPS) is 10.0. The average Bonchev–Trinajstić information content (AvgIpc) is 2.30. The molecule has 1 aromatic heterocycles. The second kappa shape index (κ2) is 4.09. The van der Waals surface area contributed by atoms with Gasteiger partial charge in [0.1, 0.15) is 0 Å². The van der Waals surface area contributed by atoms with E-state index in [4.69, 9.17) is 0 Å². The van der Waals surface area contributed by atoms with E-state index in [0.717, 1.165) is 11.3 Å². The van der Waals surface area contributed by atoms with Gasteiger partial charge in [-0.1, -0.05) is 29.8 Å². The van der Waals surface area contributed by atoms with Gasteiger partial charge in [0.2, 0.25) is 5.95 Å². The number of hydrogen-bond donors (Lipinski definition) is 1. The van der Waals surface area contributed by atoms with Crippen LogP contribution >= 0.6 is 0 Å². The fraction of sp³-hybridized carbons (Fsp3) is 0.167. The number of nitrogens with one attached hydrogen (secondary N) is 1. The van der Waals surface area contributed by atoms with Crippen LogP contribution in [0, 0.1) is 6.92 Å². The maximum atomic E-state index is 4.37. The van der Waals surface area contributed by atoms with Gasteiger partial charge in [-0.25, -0.2) is 9.97 Å². The Labute approximate surface area is 89.2 Å². The van der Waals surface area contributed by atoms with Crippen LogP contribution in [0.15, 0.2) is 36.5 Å². The molecule has 1 N–H and O–H groups in total. The molecule has 1 heterocycles. The van der Waals surface area contributed by atoms with Crippen molar-refractivity contribution in [2.24, 2.45) is 0 Å². The third kappa shape index (κ3) is 2.13. The van der Waals surface area contributed by atoms with E-state index in [-0.39, 0.29) is 0 Å². The minimum Gasteiger partial charge on any atom is -0.357 e. The van der Waals surface area contributed by atoms with Crippen LogP contribution in [-0.4, -0.2) is 17.0 Å². The highest BCUT2D eigenvalue weighted by molar-refractivity contribution is 5.60. The van der Waals surface area contributed by atoms with Crippen LogP contribution in [0.2, 0.25) is 0 Å². The van der Waals surface area contributed by atoms with Gasteiger partial charge in [0.15, 0.2) is 0 Å². The third-order valence-corrected chi connectivity index (χ3v) is 2.23. The summed E-state index contributed by atoms with van der Waals surface area (Å²) in [6.45, 7) is 2.07. The first kappa shape index (κ1) is 9.65. The van der Waals surface area contributed by atoms with Crippen molar-refractivity contribution in [2.75, 3.05) is 12.4 Å². The van der Waals surface area contributed by atoms with Gasteiger partial charge in [0.05, 0.1) is 5.69 Å². The minimum absolute atomic E-state index is 0.646. The van der Waals surface area contributed by atoms with E-state index >= 15 is 0 Å². The monoisotopic (exact) mass is 199 g/mol. The van der Waals surface area contributed by atoms with E-state index in [9.17, 15) is 0 Å². The van der Waals surface area contributed by atoms with Crippen molar-refractivity contribution in [3.8, 4) is 11.3 Å². The SMILES string of the molecule is CNc1nccc(-c2ccc(C)cc2)n1. The molecule has 0 spiro atoms. The van der Waals surface area contributed by atoms with E-state index in [1.807, 2.05) is 13.1 Å². The van der Waals surface area contributed by atoms with Crippen LogP contribution in [0.1, 0.15) is 5.56 Å².